The Morgan fingerprint density at radius 1 is 1.40 bits per heavy atom. The van der Waals surface area contributed by atoms with Crippen molar-refractivity contribution >= 4 is 5.82 Å². The quantitative estimate of drug-likeness (QED) is 0.884. The van der Waals surface area contributed by atoms with Crippen molar-refractivity contribution in [1.82, 2.24) is 9.55 Å². The predicted molar refractivity (Wildman–Crippen MR) is 74.6 cm³/mol. The molecule has 0 saturated carbocycles. The molecule has 2 N–H and O–H groups in total. The first-order valence-electron chi connectivity index (χ1n) is 6.49. The van der Waals surface area contributed by atoms with Crippen LogP contribution in [0.1, 0.15) is 6.42 Å². The van der Waals surface area contributed by atoms with E-state index in [0.29, 0.717) is 18.1 Å². The standard InChI is InChI=1S/C14H15FN4O/c15-10-2-1-3-12(8-10)19-7-5-17-13(14(19)20)18-6-4-11(16)9-18/h1-3,5,7-8,11H,4,6,9,16H2/t11-/m0/s1. The zero-order chi connectivity index (χ0) is 14.1. The number of aromatic nitrogens is 2. The van der Waals surface area contributed by atoms with Gasteiger partial charge >= 0.3 is 0 Å². The van der Waals surface area contributed by atoms with E-state index in [4.69, 9.17) is 5.73 Å². The minimum Gasteiger partial charge on any atom is -0.350 e. The summed E-state index contributed by atoms with van der Waals surface area (Å²) in [6, 6.07) is 5.99. The summed E-state index contributed by atoms with van der Waals surface area (Å²) in [5.74, 6) is -0.0133. The third-order valence-electron chi connectivity index (χ3n) is 3.43. The zero-order valence-corrected chi connectivity index (χ0v) is 10.9. The lowest BCUT2D eigenvalue weighted by Crippen LogP contribution is -2.33. The molecular formula is C14H15FN4O. The molecule has 6 heteroatoms. The molecule has 1 saturated heterocycles. The molecule has 2 aromatic rings. The summed E-state index contributed by atoms with van der Waals surface area (Å²) in [5, 5.41) is 0. The van der Waals surface area contributed by atoms with Crippen LogP contribution in [0, 0.1) is 5.82 Å². The molecule has 1 aromatic heterocycles. The lowest BCUT2D eigenvalue weighted by atomic mass is 10.3. The molecule has 2 heterocycles. The topological polar surface area (TPSA) is 64.2 Å². The number of halogens is 1. The Kier molecular flexibility index (Phi) is 3.23. The Morgan fingerprint density at radius 3 is 2.95 bits per heavy atom. The summed E-state index contributed by atoms with van der Waals surface area (Å²) in [4.78, 5) is 18.5. The first-order valence-corrected chi connectivity index (χ1v) is 6.49. The summed E-state index contributed by atoms with van der Waals surface area (Å²) in [6.07, 6.45) is 3.93. The summed E-state index contributed by atoms with van der Waals surface area (Å²) >= 11 is 0. The van der Waals surface area contributed by atoms with E-state index in [0.717, 1.165) is 13.0 Å². The molecule has 0 spiro atoms. The van der Waals surface area contributed by atoms with E-state index in [1.165, 1.54) is 22.9 Å². The number of anilines is 1. The molecule has 5 nitrogen and oxygen atoms in total. The molecule has 20 heavy (non-hydrogen) atoms. The third kappa shape index (κ3) is 2.30. The second kappa shape index (κ2) is 5.05. The molecule has 1 aliphatic heterocycles. The van der Waals surface area contributed by atoms with Crippen molar-refractivity contribution in [2.24, 2.45) is 5.73 Å². The lowest BCUT2D eigenvalue weighted by Gasteiger charge is -2.17. The fourth-order valence-electron chi connectivity index (χ4n) is 2.43. The van der Waals surface area contributed by atoms with Gasteiger partial charge < -0.3 is 10.6 Å². The van der Waals surface area contributed by atoms with E-state index in [-0.39, 0.29) is 17.4 Å². The minimum absolute atomic E-state index is 0.0685. The highest BCUT2D eigenvalue weighted by Gasteiger charge is 2.23. The molecule has 0 unspecified atom stereocenters. The van der Waals surface area contributed by atoms with Crippen LogP contribution >= 0.6 is 0 Å². The Balaban J connectivity index is 2.04. The minimum atomic E-state index is -0.379. The summed E-state index contributed by atoms with van der Waals surface area (Å²) in [7, 11) is 0. The fraction of sp³-hybridized carbons (Fsp3) is 0.286. The SMILES string of the molecule is N[C@H]1CCN(c2nccn(-c3cccc(F)c3)c2=O)C1. The number of rotatable bonds is 2. The van der Waals surface area contributed by atoms with E-state index in [1.807, 2.05) is 4.90 Å². The first-order chi connectivity index (χ1) is 9.65. The van der Waals surface area contributed by atoms with Crippen molar-refractivity contribution in [3.8, 4) is 5.69 Å². The number of hydrogen-bond acceptors (Lipinski definition) is 4. The number of hydrogen-bond donors (Lipinski definition) is 1. The van der Waals surface area contributed by atoms with Gasteiger partial charge in [0.1, 0.15) is 5.82 Å². The van der Waals surface area contributed by atoms with Crippen molar-refractivity contribution < 1.29 is 4.39 Å². The molecule has 1 aliphatic rings. The molecule has 0 bridgehead atoms. The van der Waals surface area contributed by atoms with E-state index >= 15 is 0 Å². The highest BCUT2D eigenvalue weighted by atomic mass is 19.1. The van der Waals surface area contributed by atoms with Crippen LogP contribution in [0.4, 0.5) is 10.2 Å². The molecule has 3 rings (SSSR count). The number of benzene rings is 1. The van der Waals surface area contributed by atoms with Gasteiger partial charge in [-0.2, -0.15) is 0 Å². The van der Waals surface area contributed by atoms with Gasteiger partial charge in [0, 0.05) is 31.5 Å². The van der Waals surface area contributed by atoms with E-state index in [1.54, 1.807) is 18.3 Å². The monoisotopic (exact) mass is 274 g/mol. The van der Waals surface area contributed by atoms with Gasteiger partial charge in [-0.15, -0.1) is 0 Å². The maximum absolute atomic E-state index is 13.3. The second-order valence-corrected chi connectivity index (χ2v) is 4.90. The highest BCUT2D eigenvalue weighted by molar-refractivity contribution is 5.41. The summed E-state index contributed by atoms with van der Waals surface area (Å²) in [5.41, 5.74) is 6.08. The van der Waals surface area contributed by atoms with Gasteiger partial charge in [0.25, 0.3) is 5.56 Å². The van der Waals surface area contributed by atoms with Crippen LogP contribution in [0.5, 0.6) is 0 Å². The normalized spacial score (nSPS) is 18.5. The summed E-state index contributed by atoms with van der Waals surface area (Å²) in [6.45, 7) is 1.34. The highest BCUT2D eigenvalue weighted by Crippen LogP contribution is 2.14. The zero-order valence-electron chi connectivity index (χ0n) is 10.9. The first kappa shape index (κ1) is 12.8. The van der Waals surface area contributed by atoms with Crippen LogP contribution < -0.4 is 16.2 Å². The van der Waals surface area contributed by atoms with Gasteiger partial charge in [-0.1, -0.05) is 6.07 Å². The number of nitrogens with zero attached hydrogens (tertiary/aromatic N) is 3. The molecule has 0 radical (unpaired) electrons. The van der Waals surface area contributed by atoms with E-state index < -0.39 is 0 Å². The van der Waals surface area contributed by atoms with Crippen LogP contribution in [-0.2, 0) is 0 Å². The van der Waals surface area contributed by atoms with Crippen molar-refractivity contribution in [3.63, 3.8) is 0 Å². The Labute approximate surface area is 115 Å². The number of nitrogens with two attached hydrogens (primary N) is 1. The van der Waals surface area contributed by atoms with Crippen molar-refractivity contribution in [2.75, 3.05) is 18.0 Å². The van der Waals surface area contributed by atoms with E-state index in [9.17, 15) is 9.18 Å². The van der Waals surface area contributed by atoms with Crippen LogP contribution in [0.2, 0.25) is 0 Å². The molecule has 104 valence electrons. The van der Waals surface area contributed by atoms with Gasteiger partial charge in [-0.25, -0.2) is 9.37 Å². The van der Waals surface area contributed by atoms with Gasteiger partial charge in [-0.05, 0) is 24.6 Å². The average Bonchev–Trinajstić information content (AvgIpc) is 2.85. The maximum Gasteiger partial charge on any atom is 0.298 e. The third-order valence-corrected chi connectivity index (χ3v) is 3.43. The van der Waals surface area contributed by atoms with Crippen LogP contribution in [0.3, 0.4) is 0 Å². The molecular weight excluding hydrogens is 259 g/mol. The lowest BCUT2D eigenvalue weighted by molar-refractivity contribution is 0.626. The Hall–Kier alpha value is -2.21. The molecule has 1 atom stereocenters. The van der Waals surface area contributed by atoms with Crippen LogP contribution in [0.15, 0.2) is 41.5 Å². The second-order valence-electron chi connectivity index (χ2n) is 4.90. The fourth-order valence-corrected chi connectivity index (χ4v) is 2.43. The van der Waals surface area contributed by atoms with Crippen LogP contribution in [0.25, 0.3) is 5.69 Å². The Bertz CT molecular complexity index is 685. The maximum atomic E-state index is 13.3. The van der Waals surface area contributed by atoms with Crippen molar-refractivity contribution in [3.05, 3.63) is 52.8 Å². The van der Waals surface area contributed by atoms with Gasteiger partial charge in [0.15, 0.2) is 5.82 Å². The van der Waals surface area contributed by atoms with Crippen LogP contribution in [-0.4, -0.2) is 28.7 Å². The van der Waals surface area contributed by atoms with Gasteiger partial charge in [0.05, 0.1) is 5.69 Å². The molecule has 1 aromatic carbocycles. The molecule has 0 amide bonds. The van der Waals surface area contributed by atoms with Crippen molar-refractivity contribution in [2.45, 2.75) is 12.5 Å². The molecule has 1 fully saturated rings. The average molecular weight is 274 g/mol. The summed E-state index contributed by atoms with van der Waals surface area (Å²) < 4.78 is 14.7. The Morgan fingerprint density at radius 2 is 2.25 bits per heavy atom. The largest absolute Gasteiger partial charge is 0.350 e. The van der Waals surface area contributed by atoms with E-state index in [2.05, 4.69) is 4.98 Å². The van der Waals surface area contributed by atoms with Gasteiger partial charge in [0.2, 0.25) is 0 Å². The van der Waals surface area contributed by atoms with Gasteiger partial charge in [-0.3, -0.25) is 9.36 Å². The van der Waals surface area contributed by atoms with Crippen molar-refractivity contribution in [1.29, 1.82) is 0 Å². The smallest absolute Gasteiger partial charge is 0.298 e. The molecule has 0 aliphatic carbocycles. The predicted octanol–water partition coefficient (Wildman–Crippen LogP) is 0.909.